The van der Waals surface area contributed by atoms with Crippen LogP contribution in [-0.2, 0) is 16.0 Å². The van der Waals surface area contributed by atoms with Crippen LogP contribution in [0.4, 0.5) is 4.79 Å². The Bertz CT molecular complexity index is 473. The van der Waals surface area contributed by atoms with Gasteiger partial charge in [0, 0.05) is 0 Å². The van der Waals surface area contributed by atoms with Crippen LogP contribution < -0.4 is 10.6 Å². The molecule has 0 aromatic heterocycles. The Hall–Kier alpha value is -2.17. The highest BCUT2D eigenvalue weighted by Gasteiger charge is 2.33. The van der Waals surface area contributed by atoms with Crippen molar-refractivity contribution < 1.29 is 14.4 Å². The normalized spacial score (nSPS) is 16.4. The van der Waals surface area contributed by atoms with Gasteiger partial charge >= 0.3 is 6.03 Å². The Morgan fingerprint density at radius 3 is 2.11 bits per heavy atom. The number of imide groups is 2. The standard InChI is InChI=1S/C13H14N2O3/c1-8-2-4-9(5-3-8)6-7-10-11(16)14-13(18)15-12(10)17/h2-5,10H,6-7H2,1H3,(H2,14,15,16,17,18). The second-order valence-electron chi connectivity index (χ2n) is 4.38. The molecule has 1 heterocycles. The third-order valence-corrected chi connectivity index (χ3v) is 2.95. The molecule has 1 aliphatic heterocycles. The number of carbonyl (C=O) groups excluding carboxylic acids is 3. The number of hydrogen-bond acceptors (Lipinski definition) is 3. The highest BCUT2D eigenvalue weighted by atomic mass is 16.2. The number of barbiturate groups is 1. The number of urea groups is 1. The molecule has 1 fully saturated rings. The number of hydrogen-bond donors (Lipinski definition) is 2. The molecule has 4 amide bonds. The summed E-state index contributed by atoms with van der Waals surface area (Å²) in [6.07, 6.45) is 1.02. The summed E-state index contributed by atoms with van der Waals surface area (Å²) in [5.74, 6) is -1.82. The molecule has 2 rings (SSSR count). The van der Waals surface area contributed by atoms with Crippen molar-refractivity contribution in [3.05, 3.63) is 35.4 Å². The molecule has 5 nitrogen and oxygen atoms in total. The molecule has 1 aromatic carbocycles. The molecule has 94 valence electrons. The van der Waals surface area contributed by atoms with Crippen molar-refractivity contribution in [3.63, 3.8) is 0 Å². The van der Waals surface area contributed by atoms with Crippen LogP contribution in [0.2, 0.25) is 0 Å². The third kappa shape index (κ3) is 2.74. The van der Waals surface area contributed by atoms with E-state index < -0.39 is 23.8 Å². The second-order valence-corrected chi connectivity index (χ2v) is 4.38. The van der Waals surface area contributed by atoms with Gasteiger partial charge in [-0.15, -0.1) is 0 Å². The van der Waals surface area contributed by atoms with E-state index >= 15 is 0 Å². The van der Waals surface area contributed by atoms with Gasteiger partial charge in [-0.25, -0.2) is 4.79 Å². The van der Waals surface area contributed by atoms with Crippen LogP contribution in [0.25, 0.3) is 0 Å². The van der Waals surface area contributed by atoms with E-state index in [0.717, 1.165) is 11.1 Å². The average Bonchev–Trinajstić information content (AvgIpc) is 2.30. The summed E-state index contributed by atoms with van der Waals surface area (Å²) in [6.45, 7) is 2.00. The Labute approximate surface area is 105 Å². The SMILES string of the molecule is Cc1ccc(CCC2C(=O)NC(=O)NC2=O)cc1. The molecule has 5 heteroatoms. The van der Waals surface area contributed by atoms with Gasteiger partial charge in [0.15, 0.2) is 0 Å². The molecular formula is C13H14N2O3. The zero-order chi connectivity index (χ0) is 13.1. The first-order valence-corrected chi connectivity index (χ1v) is 5.77. The first kappa shape index (κ1) is 12.3. The molecule has 0 radical (unpaired) electrons. The Kier molecular flexibility index (Phi) is 3.41. The molecule has 0 bridgehead atoms. The minimum Gasteiger partial charge on any atom is -0.277 e. The predicted molar refractivity (Wildman–Crippen MR) is 64.7 cm³/mol. The lowest BCUT2D eigenvalue weighted by Gasteiger charge is -2.20. The Morgan fingerprint density at radius 1 is 1.00 bits per heavy atom. The lowest BCUT2D eigenvalue weighted by atomic mass is 9.96. The van der Waals surface area contributed by atoms with Gasteiger partial charge in [0.1, 0.15) is 5.92 Å². The molecule has 18 heavy (non-hydrogen) atoms. The van der Waals surface area contributed by atoms with Gasteiger partial charge in [0.05, 0.1) is 0 Å². The topological polar surface area (TPSA) is 75.3 Å². The fourth-order valence-electron chi connectivity index (χ4n) is 1.88. The molecule has 0 atom stereocenters. The lowest BCUT2D eigenvalue weighted by molar-refractivity contribution is -0.136. The predicted octanol–water partition coefficient (Wildman–Crippen LogP) is 0.910. The van der Waals surface area contributed by atoms with Crippen LogP contribution in [0.3, 0.4) is 0 Å². The van der Waals surface area contributed by atoms with E-state index in [-0.39, 0.29) is 0 Å². The fraction of sp³-hybridized carbons (Fsp3) is 0.308. The van der Waals surface area contributed by atoms with Crippen molar-refractivity contribution >= 4 is 17.8 Å². The molecule has 2 N–H and O–H groups in total. The van der Waals surface area contributed by atoms with Gasteiger partial charge in [0.25, 0.3) is 0 Å². The van der Waals surface area contributed by atoms with Crippen molar-refractivity contribution in [1.82, 2.24) is 10.6 Å². The summed E-state index contributed by atoms with van der Waals surface area (Å²) >= 11 is 0. The van der Waals surface area contributed by atoms with Gasteiger partial charge < -0.3 is 0 Å². The molecule has 0 unspecified atom stereocenters. The fourth-order valence-corrected chi connectivity index (χ4v) is 1.88. The van der Waals surface area contributed by atoms with Crippen LogP contribution in [0.1, 0.15) is 17.5 Å². The molecule has 1 aromatic rings. The minimum absolute atomic E-state index is 0.397. The highest BCUT2D eigenvalue weighted by molar-refractivity contribution is 6.16. The van der Waals surface area contributed by atoms with Gasteiger partial charge in [-0.1, -0.05) is 29.8 Å². The molecule has 1 saturated heterocycles. The average molecular weight is 246 g/mol. The number of nitrogens with one attached hydrogen (secondary N) is 2. The quantitative estimate of drug-likeness (QED) is 0.778. The Balaban J connectivity index is 1.97. The largest absolute Gasteiger partial charge is 0.328 e. The Morgan fingerprint density at radius 2 is 1.56 bits per heavy atom. The summed E-state index contributed by atoms with van der Waals surface area (Å²) in [4.78, 5) is 33.9. The maximum Gasteiger partial charge on any atom is 0.328 e. The van der Waals surface area contributed by atoms with Crippen LogP contribution in [0.15, 0.2) is 24.3 Å². The minimum atomic E-state index is -0.788. The molecule has 1 aliphatic rings. The van der Waals surface area contributed by atoms with Gasteiger partial charge in [-0.2, -0.15) is 0 Å². The number of carbonyl (C=O) groups is 3. The van der Waals surface area contributed by atoms with Crippen molar-refractivity contribution in [1.29, 1.82) is 0 Å². The lowest BCUT2D eigenvalue weighted by Crippen LogP contribution is -2.55. The van der Waals surface area contributed by atoms with E-state index in [4.69, 9.17) is 0 Å². The van der Waals surface area contributed by atoms with E-state index in [1.54, 1.807) is 0 Å². The molecule has 0 spiro atoms. The summed E-state index contributed by atoms with van der Waals surface area (Å²) < 4.78 is 0. The zero-order valence-electron chi connectivity index (χ0n) is 10.0. The van der Waals surface area contributed by atoms with E-state index in [0.29, 0.717) is 12.8 Å². The van der Waals surface area contributed by atoms with Gasteiger partial charge in [0.2, 0.25) is 11.8 Å². The first-order valence-electron chi connectivity index (χ1n) is 5.77. The van der Waals surface area contributed by atoms with Crippen LogP contribution in [0, 0.1) is 12.8 Å². The van der Waals surface area contributed by atoms with Gasteiger partial charge in [-0.05, 0) is 25.3 Å². The summed E-state index contributed by atoms with van der Waals surface area (Å²) in [6, 6.07) is 7.18. The van der Waals surface area contributed by atoms with Gasteiger partial charge in [-0.3, -0.25) is 20.2 Å². The van der Waals surface area contributed by atoms with E-state index in [1.807, 2.05) is 31.2 Å². The number of aryl methyl sites for hydroxylation is 2. The van der Waals surface area contributed by atoms with E-state index in [9.17, 15) is 14.4 Å². The van der Waals surface area contributed by atoms with Crippen LogP contribution in [-0.4, -0.2) is 17.8 Å². The summed E-state index contributed by atoms with van der Waals surface area (Å²) in [5, 5.41) is 4.19. The summed E-state index contributed by atoms with van der Waals surface area (Å²) in [5.41, 5.74) is 2.23. The van der Waals surface area contributed by atoms with E-state index in [1.165, 1.54) is 0 Å². The number of benzene rings is 1. The maximum absolute atomic E-state index is 11.5. The molecule has 0 saturated carbocycles. The van der Waals surface area contributed by atoms with Crippen LogP contribution >= 0.6 is 0 Å². The number of rotatable bonds is 3. The third-order valence-electron chi connectivity index (χ3n) is 2.95. The first-order chi connectivity index (χ1) is 8.56. The van der Waals surface area contributed by atoms with Crippen molar-refractivity contribution in [2.24, 2.45) is 5.92 Å². The number of amides is 4. The maximum atomic E-state index is 11.5. The zero-order valence-corrected chi connectivity index (χ0v) is 10.0. The van der Waals surface area contributed by atoms with Crippen molar-refractivity contribution in [3.8, 4) is 0 Å². The molecule has 0 aliphatic carbocycles. The van der Waals surface area contributed by atoms with E-state index in [2.05, 4.69) is 10.6 Å². The van der Waals surface area contributed by atoms with Crippen molar-refractivity contribution in [2.45, 2.75) is 19.8 Å². The van der Waals surface area contributed by atoms with Crippen molar-refractivity contribution in [2.75, 3.05) is 0 Å². The second kappa shape index (κ2) is 5.00. The highest BCUT2D eigenvalue weighted by Crippen LogP contribution is 2.13. The molecular weight excluding hydrogens is 232 g/mol. The van der Waals surface area contributed by atoms with Crippen LogP contribution in [0.5, 0.6) is 0 Å². The monoisotopic (exact) mass is 246 g/mol. The summed E-state index contributed by atoms with van der Waals surface area (Å²) in [7, 11) is 0. The smallest absolute Gasteiger partial charge is 0.277 e.